The summed E-state index contributed by atoms with van der Waals surface area (Å²) in [6.45, 7) is 2.47. The van der Waals surface area contributed by atoms with Gasteiger partial charge in [-0.25, -0.2) is 0 Å². The number of esters is 1. The van der Waals surface area contributed by atoms with Crippen LogP contribution in [0.25, 0.3) is 11.3 Å². The number of carbonyl (C=O) groups excluding carboxylic acids is 2. The van der Waals surface area contributed by atoms with Crippen LogP contribution in [-0.2, 0) is 29.4 Å². The normalized spacial score (nSPS) is 15.1. The van der Waals surface area contributed by atoms with Crippen molar-refractivity contribution >= 4 is 35.1 Å². The number of benzene rings is 2. The molecule has 34 heavy (non-hydrogen) atoms. The molecule has 7 nitrogen and oxygen atoms in total. The highest BCUT2D eigenvalue weighted by Gasteiger charge is 2.34. The monoisotopic (exact) mass is 501 g/mol. The third kappa shape index (κ3) is 4.38. The number of halogens is 2. The molecule has 3 aromatic rings. The number of rotatable bonds is 5. The molecule has 1 aliphatic rings. The lowest BCUT2D eigenvalue weighted by Gasteiger charge is -2.33. The minimum absolute atomic E-state index is 0.129. The summed E-state index contributed by atoms with van der Waals surface area (Å²) in [4.78, 5) is 26.9. The fourth-order valence-electron chi connectivity index (χ4n) is 4.50. The fourth-order valence-corrected chi connectivity index (χ4v) is 5.04. The van der Waals surface area contributed by atoms with E-state index in [1.165, 1.54) is 14.2 Å². The van der Waals surface area contributed by atoms with Gasteiger partial charge in [0.25, 0.3) is 5.91 Å². The van der Waals surface area contributed by atoms with Gasteiger partial charge in [0.05, 0.1) is 48.7 Å². The lowest BCUT2D eigenvalue weighted by molar-refractivity contribution is -0.139. The van der Waals surface area contributed by atoms with Crippen molar-refractivity contribution in [2.75, 3.05) is 20.8 Å². The third-order valence-electron chi connectivity index (χ3n) is 6.12. The number of nitrogens with zero attached hydrogens (tertiary/aromatic N) is 3. The lowest BCUT2D eigenvalue weighted by Crippen LogP contribution is -2.39. The smallest absolute Gasteiger partial charge is 0.309 e. The van der Waals surface area contributed by atoms with E-state index in [0.29, 0.717) is 34.3 Å². The van der Waals surface area contributed by atoms with E-state index < -0.39 is 0 Å². The molecule has 0 saturated carbocycles. The summed E-state index contributed by atoms with van der Waals surface area (Å²) in [6, 6.07) is 10.5. The van der Waals surface area contributed by atoms with Crippen LogP contribution in [0.5, 0.6) is 5.75 Å². The summed E-state index contributed by atoms with van der Waals surface area (Å²) in [5, 5.41) is 5.58. The maximum absolute atomic E-state index is 13.4. The van der Waals surface area contributed by atoms with Gasteiger partial charge in [0.1, 0.15) is 5.75 Å². The van der Waals surface area contributed by atoms with E-state index in [1.807, 2.05) is 26.1 Å². The van der Waals surface area contributed by atoms with E-state index in [4.69, 9.17) is 37.8 Å². The average Bonchev–Trinajstić information content (AvgIpc) is 3.15. The van der Waals surface area contributed by atoms with Crippen molar-refractivity contribution in [3.63, 3.8) is 0 Å². The zero-order chi connectivity index (χ0) is 24.6. The van der Waals surface area contributed by atoms with E-state index in [0.717, 1.165) is 28.1 Å². The van der Waals surface area contributed by atoms with Crippen LogP contribution in [0.3, 0.4) is 0 Å². The summed E-state index contributed by atoms with van der Waals surface area (Å²) in [5.41, 5.74) is 4.83. The molecule has 0 fully saturated rings. The molecule has 2 aromatic carbocycles. The molecule has 0 bridgehead atoms. The molecule has 1 atom stereocenters. The largest absolute Gasteiger partial charge is 0.495 e. The van der Waals surface area contributed by atoms with Gasteiger partial charge in [0.15, 0.2) is 0 Å². The Kier molecular flexibility index (Phi) is 6.86. The molecule has 0 radical (unpaired) electrons. The highest BCUT2D eigenvalue weighted by molar-refractivity contribution is 6.35. The van der Waals surface area contributed by atoms with Crippen molar-refractivity contribution in [3.05, 3.63) is 68.8 Å². The van der Waals surface area contributed by atoms with Crippen LogP contribution in [0.1, 0.15) is 40.1 Å². The number of carbonyl (C=O) groups is 2. The Balaban J connectivity index is 1.69. The maximum atomic E-state index is 13.4. The third-order valence-corrected chi connectivity index (χ3v) is 6.73. The molecule has 1 amide bonds. The first-order valence-electron chi connectivity index (χ1n) is 10.8. The SMILES string of the molecule is COC(=O)Cc1cc(Cl)cc(-c2c3c(nn2C)[C@H](C)N(C(=O)c2cccc(OC)c2Cl)CC3)c1. The van der Waals surface area contributed by atoms with E-state index in [1.54, 1.807) is 33.8 Å². The van der Waals surface area contributed by atoms with Gasteiger partial charge in [0, 0.05) is 29.7 Å². The predicted octanol–water partition coefficient (Wildman–Crippen LogP) is 4.88. The standard InChI is InChI=1S/C25H25Cl2N3O4/c1-14-23-19(8-9-30(14)25(32)18-6-5-7-20(33-3)22(18)27)24(29(2)28-23)16-10-15(11-17(26)13-16)12-21(31)34-4/h5-7,10-11,13-14H,8-9,12H2,1-4H3/t14-/m0/s1. The first-order valence-corrected chi connectivity index (χ1v) is 11.6. The van der Waals surface area contributed by atoms with Crippen molar-refractivity contribution < 1.29 is 19.1 Å². The summed E-state index contributed by atoms with van der Waals surface area (Å²) in [6.07, 6.45) is 0.749. The molecule has 0 unspecified atom stereocenters. The summed E-state index contributed by atoms with van der Waals surface area (Å²) in [5.74, 6) is -0.0432. The summed E-state index contributed by atoms with van der Waals surface area (Å²) >= 11 is 12.8. The maximum Gasteiger partial charge on any atom is 0.309 e. The van der Waals surface area contributed by atoms with Crippen LogP contribution >= 0.6 is 23.2 Å². The molecule has 2 heterocycles. The molecule has 0 N–H and O–H groups in total. The van der Waals surface area contributed by atoms with Gasteiger partial charge >= 0.3 is 5.97 Å². The second-order valence-corrected chi connectivity index (χ2v) is 9.00. The van der Waals surface area contributed by atoms with Crippen LogP contribution in [0, 0.1) is 0 Å². The number of fused-ring (bicyclic) bond motifs is 1. The summed E-state index contributed by atoms with van der Waals surface area (Å²) in [7, 11) is 4.75. The number of aryl methyl sites for hydroxylation is 1. The van der Waals surface area contributed by atoms with Gasteiger partial charge in [-0.1, -0.05) is 29.3 Å². The van der Waals surface area contributed by atoms with Crippen molar-refractivity contribution in [3.8, 4) is 17.0 Å². The topological polar surface area (TPSA) is 73.7 Å². The van der Waals surface area contributed by atoms with Crippen LogP contribution in [0.2, 0.25) is 10.0 Å². The van der Waals surface area contributed by atoms with Crippen molar-refractivity contribution in [1.82, 2.24) is 14.7 Å². The first-order chi connectivity index (χ1) is 16.2. The van der Waals surface area contributed by atoms with Crippen molar-refractivity contribution in [2.24, 2.45) is 7.05 Å². The van der Waals surface area contributed by atoms with Gasteiger partial charge in [-0.05, 0) is 49.2 Å². The number of hydrogen-bond donors (Lipinski definition) is 0. The molecular weight excluding hydrogens is 477 g/mol. The molecule has 4 rings (SSSR count). The van der Waals surface area contributed by atoms with Crippen molar-refractivity contribution in [2.45, 2.75) is 25.8 Å². The fraction of sp³-hybridized carbons (Fsp3) is 0.320. The zero-order valence-electron chi connectivity index (χ0n) is 19.4. The quantitative estimate of drug-likeness (QED) is 0.465. The second-order valence-electron chi connectivity index (χ2n) is 8.18. The number of methoxy groups -OCH3 is 2. The van der Waals surface area contributed by atoms with Crippen LogP contribution in [-0.4, -0.2) is 47.3 Å². The molecule has 0 spiro atoms. The highest BCUT2D eigenvalue weighted by atomic mass is 35.5. The van der Waals surface area contributed by atoms with Gasteiger partial charge in [-0.15, -0.1) is 0 Å². The average molecular weight is 502 g/mol. The molecule has 0 saturated heterocycles. The molecule has 178 valence electrons. The second kappa shape index (κ2) is 9.68. The van der Waals surface area contributed by atoms with Gasteiger partial charge in [0.2, 0.25) is 0 Å². The molecule has 0 aliphatic carbocycles. The Morgan fingerprint density at radius 1 is 1.18 bits per heavy atom. The predicted molar refractivity (Wildman–Crippen MR) is 131 cm³/mol. The van der Waals surface area contributed by atoms with E-state index in [9.17, 15) is 9.59 Å². The Hall–Kier alpha value is -3.03. The minimum atomic E-state index is -0.334. The van der Waals surface area contributed by atoms with E-state index >= 15 is 0 Å². The molecular formula is C25H25Cl2N3O4. The number of ether oxygens (including phenoxy) is 2. The Morgan fingerprint density at radius 2 is 1.94 bits per heavy atom. The van der Waals surface area contributed by atoms with Gasteiger partial charge in [-0.3, -0.25) is 14.3 Å². The molecule has 1 aromatic heterocycles. The van der Waals surface area contributed by atoms with Gasteiger partial charge < -0.3 is 14.4 Å². The Bertz CT molecular complexity index is 1270. The van der Waals surface area contributed by atoms with Crippen LogP contribution in [0.15, 0.2) is 36.4 Å². The number of amides is 1. The lowest BCUT2D eigenvalue weighted by atomic mass is 9.94. The molecule has 9 heteroatoms. The van der Waals surface area contributed by atoms with E-state index in [-0.39, 0.29) is 24.3 Å². The Labute approximate surface area is 208 Å². The zero-order valence-corrected chi connectivity index (χ0v) is 20.9. The number of aromatic nitrogens is 2. The van der Waals surface area contributed by atoms with E-state index in [2.05, 4.69) is 0 Å². The first kappa shape index (κ1) is 24.1. The van der Waals surface area contributed by atoms with Gasteiger partial charge in [-0.2, -0.15) is 5.10 Å². The van der Waals surface area contributed by atoms with Crippen LogP contribution in [0.4, 0.5) is 0 Å². The minimum Gasteiger partial charge on any atom is -0.495 e. The number of hydrogen-bond acceptors (Lipinski definition) is 5. The Morgan fingerprint density at radius 3 is 2.65 bits per heavy atom. The molecule has 1 aliphatic heterocycles. The summed E-state index contributed by atoms with van der Waals surface area (Å²) < 4.78 is 11.9. The van der Waals surface area contributed by atoms with Crippen LogP contribution < -0.4 is 4.74 Å². The van der Waals surface area contributed by atoms with Crippen molar-refractivity contribution in [1.29, 1.82) is 0 Å². The highest BCUT2D eigenvalue weighted by Crippen LogP contribution is 2.38.